The minimum absolute atomic E-state index is 0.0899. The van der Waals surface area contributed by atoms with Gasteiger partial charge in [-0.15, -0.1) is 0 Å². The normalized spacial score (nSPS) is 16.1. The van der Waals surface area contributed by atoms with Crippen LogP contribution < -0.4 is 4.74 Å². The second-order valence-electron chi connectivity index (χ2n) is 7.04. The monoisotopic (exact) mass is 392 g/mol. The van der Waals surface area contributed by atoms with Crippen molar-refractivity contribution in [3.8, 4) is 16.9 Å². The summed E-state index contributed by atoms with van der Waals surface area (Å²) in [5.74, 6) is 0.0219. The molecule has 6 nitrogen and oxygen atoms in total. The third-order valence-corrected chi connectivity index (χ3v) is 4.96. The maximum Gasteiger partial charge on any atom is 0.261 e. The van der Waals surface area contributed by atoms with Crippen LogP contribution in [0.3, 0.4) is 0 Å². The van der Waals surface area contributed by atoms with Crippen molar-refractivity contribution < 1.29 is 13.9 Å². The van der Waals surface area contributed by atoms with E-state index in [1.54, 1.807) is 12.4 Å². The fourth-order valence-electron chi connectivity index (χ4n) is 3.61. The Labute approximate surface area is 168 Å². The van der Waals surface area contributed by atoms with E-state index in [0.717, 1.165) is 35.4 Å². The van der Waals surface area contributed by atoms with Crippen molar-refractivity contribution in [1.82, 2.24) is 19.9 Å². The molecule has 29 heavy (non-hydrogen) atoms. The lowest BCUT2D eigenvalue weighted by Gasteiger charge is -2.25. The van der Waals surface area contributed by atoms with Gasteiger partial charge in [0.05, 0.1) is 11.7 Å². The van der Waals surface area contributed by atoms with Crippen molar-refractivity contribution >= 4 is 5.91 Å². The highest BCUT2D eigenvalue weighted by Gasteiger charge is 2.31. The Morgan fingerprint density at radius 2 is 1.93 bits per heavy atom. The molecule has 1 aromatic carbocycles. The zero-order valence-corrected chi connectivity index (χ0v) is 16.1. The summed E-state index contributed by atoms with van der Waals surface area (Å²) in [6.45, 7) is 2.51. The van der Waals surface area contributed by atoms with Gasteiger partial charge in [-0.2, -0.15) is 0 Å². The fourth-order valence-corrected chi connectivity index (χ4v) is 3.61. The molecule has 2 aromatic heterocycles. The number of aryl methyl sites for hydroxylation is 1. The third-order valence-electron chi connectivity index (χ3n) is 4.96. The number of nitrogens with zero attached hydrogens (tertiary/aromatic N) is 4. The summed E-state index contributed by atoms with van der Waals surface area (Å²) in [7, 11) is 0. The van der Waals surface area contributed by atoms with Crippen molar-refractivity contribution in [2.24, 2.45) is 0 Å². The summed E-state index contributed by atoms with van der Waals surface area (Å²) in [5.41, 5.74) is 3.63. The van der Waals surface area contributed by atoms with E-state index < -0.39 is 0 Å². The predicted octanol–water partition coefficient (Wildman–Crippen LogP) is 3.73. The van der Waals surface area contributed by atoms with Crippen LogP contribution in [-0.4, -0.2) is 38.9 Å². The molecule has 0 bridgehead atoms. The summed E-state index contributed by atoms with van der Waals surface area (Å²) >= 11 is 0. The number of pyridine rings is 1. The molecule has 148 valence electrons. The van der Waals surface area contributed by atoms with Crippen molar-refractivity contribution in [1.29, 1.82) is 0 Å². The molecule has 1 unspecified atom stereocenters. The first-order chi connectivity index (χ1) is 14.1. The molecule has 3 heterocycles. The molecule has 1 aliphatic heterocycles. The maximum atomic E-state index is 13.0. The number of halogens is 1. The largest absolute Gasteiger partial charge is 0.484 e. The Bertz CT molecular complexity index is 995. The second-order valence-corrected chi connectivity index (χ2v) is 7.04. The van der Waals surface area contributed by atoms with Crippen LogP contribution >= 0.6 is 0 Å². The summed E-state index contributed by atoms with van der Waals surface area (Å²) in [4.78, 5) is 27.5. The van der Waals surface area contributed by atoms with E-state index in [2.05, 4.69) is 15.0 Å². The Balaban J connectivity index is 1.51. The highest BCUT2D eigenvalue weighted by molar-refractivity contribution is 5.78. The van der Waals surface area contributed by atoms with Crippen LogP contribution in [0.2, 0.25) is 0 Å². The van der Waals surface area contributed by atoms with Gasteiger partial charge in [0.15, 0.2) is 6.61 Å². The SMILES string of the molecule is Cc1cc(-c2cncnc2)cc(C2CCCN2C(=O)COc2ccc(F)cc2)n1. The van der Waals surface area contributed by atoms with E-state index in [-0.39, 0.29) is 24.4 Å². The molecule has 1 fully saturated rings. The molecule has 4 rings (SSSR count). The zero-order chi connectivity index (χ0) is 20.2. The average molecular weight is 392 g/mol. The highest BCUT2D eigenvalue weighted by Crippen LogP contribution is 2.33. The van der Waals surface area contributed by atoms with E-state index in [1.165, 1.54) is 30.6 Å². The number of aromatic nitrogens is 3. The van der Waals surface area contributed by atoms with Gasteiger partial charge in [-0.1, -0.05) is 0 Å². The lowest BCUT2D eigenvalue weighted by Crippen LogP contribution is -2.34. The molecular weight excluding hydrogens is 371 g/mol. The van der Waals surface area contributed by atoms with E-state index in [0.29, 0.717) is 12.3 Å². The van der Waals surface area contributed by atoms with Gasteiger partial charge < -0.3 is 9.64 Å². The molecule has 0 spiro atoms. The first-order valence-electron chi connectivity index (χ1n) is 9.52. The Morgan fingerprint density at radius 1 is 1.17 bits per heavy atom. The second kappa shape index (κ2) is 8.34. The standard InChI is InChI=1S/C22H21FN4O2/c1-15-9-16(17-11-24-14-25-12-17)10-20(26-15)21-3-2-8-27(21)22(28)13-29-19-6-4-18(23)5-7-19/h4-7,9-12,14,21H,2-3,8,13H2,1H3. The molecule has 1 atom stereocenters. The van der Waals surface area contributed by atoms with Crippen LogP contribution in [0.4, 0.5) is 4.39 Å². The van der Waals surface area contributed by atoms with Gasteiger partial charge in [-0.25, -0.2) is 14.4 Å². The number of likely N-dealkylation sites (tertiary alicyclic amines) is 1. The molecule has 1 amide bonds. The van der Waals surface area contributed by atoms with Crippen LogP contribution in [-0.2, 0) is 4.79 Å². The number of rotatable bonds is 5. The summed E-state index contributed by atoms with van der Waals surface area (Å²) < 4.78 is 18.6. The third kappa shape index (κ3) is 4.39. The molecule has 1 aliphatic rings. The Kier molecular flexibility index (Phi) is 5.46. The number of carbonyl (C=O) groups is 1. The Morgan fingerprint density at radius 3 is 2.69 bits per heavy atom. The topological polar surface area (TPSA) is 68.2 Å². The number of carbonyl (C=O) groups excluding carboxylic acids is 1. The number of amides is 1. The minimum Gasteiger partial charge on any atom is -0.484 e. The van der Waals surface area contributed by atoms with Gasteiger partial charge >= 0.3 is 0 Å². The minimum atomic E-state index is -0.339. The molecule has 1 saturated heterocycles. The molecule has 3 aromatic rings. The predicted molar refractivity (Wildman–Crippen MR) is 106 cm³/mol. The van der Waals surface area contributed by atoms with Gasteiger partial charge in [0.2, 0.25) is 0 Å². The van der Waals surface area contributed by atoms with Crippen LogP contribution in [0.5, 0.6) is 5.75 Å². The van der Waals surface area contributed by atoms with Crippen molar-refractivity contribution in [2.45, 2.75) is 25.8 Å². The van der Waals surface area contributed by atoms with Gasteiger partial charge in [-0.05, 0) is 61.7 Å². The van der Waals surface area contributed by atoms with Crippen molar-refractivity contribution in [3.63, 3.8) is 0 Å². The van der Waals surface area contributed by atoms with Gasteiger partial charge in [0.25, 0.3) is 5.91 Å². The number of hydrogen-bond acceptors (Lipinski definition) is 5. The van der Waals surface area contributed by atoms with Crippen LogP contribution in [0.15, 0.2) is 55.1 Å². The van der Waals surface area contributed by atoms with Gasteiger partial charge in [0, 0.05) is 30.2 Å². The van der Waals surface area contributed by atoms with Crippen LogP contribution in [0.1, 0.15) is 30.3 Å². The van der Waals surface area contributed by atoms with E-state index in [9.17, 15) is 9.18 Å². The lowest BCUT2D eigenvalue weighted by atomic mass is 10.0. The van der Waals surface area contributed by atoms with Crippen molar-refractivity contribution in [3.05, 3.63) is 72.3 Å². The number of hydrogen-bond donors (Lipinski definition) is 0. The molecule has 0 N–H and O–H groups in total. The molecule has 0 aliphatic carbocycles. The molecular formula is C22H21FN4O2. The summed E-state index contributed by atoms with van der Waals surface area (Å²) in [5, 5.41) is 0. The average Bonchev–Trinajstić information content (AvgIpc) is 3.23. The first-order valence-corrected chi connectivity index (χ1v) is 9.52. The summed E-state index contributed by atoms with van der Waals surface area (Å²) in [6, 6.07) is 9.54. The van der Waals surface area contributed by atoms with E-state index in [4.69, 9.17) is 4.74 Å². The molecule has 0 radical (unpaired) electrons. The first kappa shape index (κ1) is 19.0. The quantitative estimate of drug-likeness (QED) is 0.662. The zero-order valence-electron chi connectivity index (χ0n) is 16.1. The maximum absolute atomic E-state index is 13.0. The fraction of sp³-hybridized carbons (Fsp3) is 0.273. The van der Waals surface area contributed by atoms with E-state index >= 15 is 0 Å². The lowest BCUT2D eigenvalue weighted by molar-refractivity contribution is -0.134. The number of benzene rings is 1. The summed E-state index contributed by atoms with van der Waals surface area (Å²) in [6.07, 6.45) is 6.78. The molecule has 7 heteroatoms. The van der Waals surface area contributed by atoms with E-state index in [1.807, 2.05) is 24.0 Å². The van der Waals surface area contributed by atoms with Crippen LogP contribution in [0.25, 0.3) is 11.1 Å². The van der Waals surface area contributed by atoms with Crippen LogP contribution in [0, 0.1) is 12.7 Å². The van der Waals surface area contributed by atoms with Gasteiger partial charge in [0.1, 0.15) is 17.9 Å². The Hall–Kier alpha value is -3.35. The van der Waals surface area contributed by atoms with Crippen molar-refractivity contribution in [2.75, 3.05) is 13.2 Å². The highest BCUT2D eigenvalue weighted by atomic mass is 19.1. The van der Waals surface area contributed by atoms with Gasteiger partial charge in [-0.3, -0.25) is 9.78 Å². The number of ether oxygens (including phenoxy) is 1. The molecule has 0 saturated carbocycles. The smallest absolute Gasteiger partial charge is 0.261 e.